The van der Waals surface area contributed by atoms with Gasteiger partial charge in [-0.15, -0.1) is 0 Å². The van der Waals surface area contributed by atoms with Gasteiger partial charge in [0.15, 0.2) is 0 Å². The molecular formula is C15H24N4O. The van der Waals surface area contributed by atoms with E-state index in [2.05, 4.69) is 27.1 Å². The lowest BCUT2D eigenvalue weighted by Crippen LogP contribution is -2.41. The molecule has 0 spiro atoms. The maximum Gasteiger partial charge on any atom is 0.271 e. The summed E-state index contributed by atoms with van der Waals surface area (Å²) in [6.45, 7) is 10.2. The van der Waals surface area contributed by atoms with Gasteiger partial charge in [-0.1, -0.05) is 6.92 Å². The van der Waals surface area contributed by atoms with Gasteiger partial charge in [-0.2, -0.15) is 0 Å². The van der Waals surface area contributed by atoms with E-state index < -0.39 is 0 Å². The second-order valence-electron chi connectivity index (χ2n) is 6.63. The maximum atomic E-state index is 12.0. The lowest BCUT2D eigenvalue weighted by molar-refractivity contribution is 0.0914. The summed E-state index contributed by atoms with van der Waals surface area (Å²) in [4.78, 5) is 22.8. The molecule has 5 nitrogen and oxygen atoms in total. The fourth-order valence-electron chi connectivity index (χ4n) is 2.24. The van der Waals surface area contributed by atoms with E-state index in [1.54, 1.807) is 12.4 Å². The first-order valence-corrected chi connectivity index (χ1v) is 7.24. The van der Waals surface area contributed by atoms with Crippen molar-refractivity contribution in [1.29, 1.82) is 0 Å². The highest BCUT2D eigenvalue weighted by atomic mass is 16.2. The van der Waals surface area contributed by atoms with Crippen molar-refractivity contribution in [3.05, 3.63) is 18.1 Å². The zero-order valence-electron chi connectivity index (χ0n) is 12.8. The first-order valence-electron chi connectivity index (χ1n) is 7.24. The highest BCUT2D eigenvalue weighted by Gasteiger charge is 2.19. The fourth-order valence-corrected chi connectivity index (χ4v) is 2.24. The molecule has 0 unspecified atom stereocenters. The molecule has 1 aromatic heterocycles. The summed E-state index contributed by atoms with van der Waals surface area (Å²) in [7, 11) is 0. The Kier molecular flexibility index (Phi) is 4.26. The molecule has 0 aliphatic carbocycles. The van der Waals surface area contributed by atoms with Crippen molar-refractivity contribution in [1.82, 2.24) is 15.3 Å². The third-order valence-electron chi connectivity index (χ3n) is 3.47. The molecule has 2 rings (SSSR count). The van der Waals surface area contributed by atoms with Crippen LogP contribution in [-0.4, -0.2) is 34.5 Å². The van der Waals surface area contributed by atoms with Crippen LogP contribution in [-0.2, 0) is 0 Å². The van der Waals surface area contributed by atoms with Crippen LogP contribution in [0.5, 0.6) is 0 Å². The number of piperidine rings is 1. The predicted octanol–water partition coefficient (Wildman–Crippen LogP) is 2.24. The standard InChI is InChI=1S/C15H24N4O/c1-11-5-7-19(8-6-11)13-10-16-12(9-17-13)14(20)18-15(2,3)4/h9-11H,5-8H2,1-4H3,(H,18,20). The van der Waals surface area contributed by atoms with Crippen LogP contribution in [0.2, 0.25) is 0 Å². The highest BCUT2D eigenvalue weighted by molar-refractivity contribution is 5.92. The molecule has 1 fully saturated rings. The van der Waals surface area contributed by atoms with E-state index in [1.807, 2.05) is 20.8 Å². The Morgan fingerprint density at radius 1 is 1.25 bits per heavy atom. The van der Waals surface area contributed by atoms with Crippen LogP contribution in [0.1, 0.15) is 51.0 Å². The monoisotopic (exact) mass is 276 g/mol. The lowest BCUT2D eigenvalue weighted by atomic mass is 9.99. The SMILES string of the molecule is CC1CCN(c2cnc(C(=O)NC(C)(C)C)cn2)CC1. The molecule has 0 atom stereocenters. The average Bonchev–Trinajstić information content (AvgIpc) is 2.38. The summed E-state index contributed by atoms with van der Waals surface area (Å²) in [6.07, 6.45) is 5.64. The Bertz CT molecular complexity index is 456. The number of carbonyl (C=O) groups is 1. The van der Waals surface area contributed by atoms with Gasteiger partial charge in [0.1, 0.15) is 11.5 Å². The van der Waals surface area contributed by atoms with Gasteiger partial charge in [0, 0.05) is 18.6 Å². The predicted molar refractivity (Wildman–Crippen MR) is 79.9 cm³/mol. The van der Waals surface area contributed by atoms with Crippen LogP contribution in [0.3, 0.4) is 0 Å². The van der Waals surface area contributed by atoms with Gasteiger partial charge in [-0.05, 0) is 39.5 Å². The average molecular weight is 276 g/mol. The number of rotatable bonds is 2. The highest BCUT2D eigenvalue weighted by Crippen LogP contribution is 2.20. The van der Waals surface area contributed by atoms with Gasteiger partial charge in [0.25, 0.3) is 5.91 Å². The van der Waals surface area contributed by atoms with Crippen molar-refractivity contribution >= 4 is 11.7 Å². The minimum Gasteiger partial charge on any atom is -0.355 e. The molecule has 1 saturated heterocycles. The summed E-state index contributed by atoms with van der Waals surface area (Å²) >= 11 is 0. The smallest absolute Gasteiger partial charge is 0.271 e. The molecular weight excluding hydrogens is 252 g/mol. The number of anilines is 1. The van der Waals surface area contributed by atoms with Crippen LogP contribution >= 0.6 is 0 Å². The summed E-state index contributed by atoms with van der Waals surface area (Å²) in [6, 6.07) is 0. The van der Waals surface area contributed by atoms with Crippen molar-refractivity contribution in [3.8, 4) is 0 Å². The molecule has 2 heterocycles. The van der Waals surface area contributed by atoms with E-state index in [0.29, 0.717) is 5.69 Å². The molecule has 1 aromatic rings. The molecule has 0 radical (unpaired) electrons. The second-order valence-corrected chi connectivity index (χ2v) is 6.63. The molecule has 0 aromatic carbocycles. The number of hydrogen-bond acceptors (Lipinski definition) is 4. The van der Waals surface area contributed by atoms with Gasteiger partial charge in [0.05, 0.1) is 12.4 Å². The quantitative estimate of drug-likeness (QED) is 0.900. The van der Waals surface area contributed by atoms with Gasteiger partial charge in [0.2, 0.25) is 0 Å². The van der Waals surface area contributed by atoms with Crippen LogP contribution in [0, 0.1) is 5.92 Å². The number of hydrogen-bond donors (Lipinski definition) is 1. The van der Waals surface area contributed by atoms with E-state index in [9.17, 15) is 4.79 Å². The first kappa shape index (κ1) is 14.8. The summed E-state index contributed by atoms with van der Waals surface area (Å²) in [5.41, 5.74) is 0.106. The van der Waals surface area contributed by atoms with Gasteiger partial charge >= 0.3 is 0 Å². The largest absolute Gasteiger partial charge is 0.355 e. The molecule has 5 heteroatoms. The number of aromatic nitrogens is 2. The van der Waals surface area contributed by atoms with Gasteiger partial charge in [-0.25, -0.2) is 9.97 Å². The second kappa shape index (κ2) is 5.77. The van der Waals surface area contributed by atoms with E-state index in [4.69, 9.17) is 0 Å². The Balaban J connectivity index is 2.01. The Hall–Kier alpha value is -1.65. The number of carbonyl (C=O) groups excluding carboxylic acids is 1. The fraction of sp³-hybridized carbons (Fsp3) is 0.667. The van der Waals surface area contributed by atoms with Gasteiger partial charge in [-0.3, -0.25) is 4.79 Å². The molecule has 1 amide bonds. The number of amides is 1. The first-order chi connectivity index (χ1) is 9.35. The molecule has 110 valence electrons. The van der Waals surface area contributed by atoms with Crippen molar-refractivity contribution in [2.24, 2.45) is 5.92 Å². The van der Waals surface area contributed by atoms with Crippen molar-refractivity contribution in [2.45, 2.75) is 46.1 Å². The van der Waals surface area contributed by atoms with Crippen LogP contribution in [0.25, 0.3) is 0 Å². The van der Waals surface area contributed by atoms with Crippen molar-refractivity contribution < 1.29 is 4.79 Å². The third kappa shape index (κ3) is 3.92. The molecule has 0 saturated carbocycles. The Morgan fingerprint density at radius 2 is 1.90 bits per heavy atom. The minimum absolute atomic E-state index is 0.177. The molecule has 1 aliphatic heterocycles. The molecule has 1 aliphatic rings. The zero-order valence-corrected chi connectivity index (χ0v) is 12.8. The summed E-state index contributed by atoms with van der Waals surface area (Å²) in [5.74, 6) is 1.48. The zero-order chi connectivity index (χ0) is 14.8. The Morgan fingerprint density at radius 3 is 2.40 bits per heavy atom. The van der Waals surface area contributed by atoms with E-state index >= 15 is 0 Å². The van der Waals surface area contributed by atoms with Crippen LogP contribution in [0.15, 0.2) is 12.4 Å². The van der Waals surface area contributed by atoms with E-state index in [1.165, 1.54) is 12.8 Å². The number of nitrogens with zero attached hydrogens (tertiary/aromatic N) is 3. The number of nitrogens with one attached hydrogen (secondary N) is 1. The lowest BCUT2D eigenvalue weighted by Gasteiger charge is -2.30. The van der Waals surface area contributed by atoms with Gasteiger partial charge < -0.3 is 10.2 Å². The topological polar surface area (TPSA) is 58.1 Å². The molecule has 1 N–H and O–H groups in total. The van der Waals surface area contributed by atoms with Crippen molar-refractivity contribution in [3.63, 3.8) is 0 Å². The normalized spacial score (nSPS) is 17.1. The third-order valence-corrected chi connectivity index (χ3v) is 3.47. The van der Waals surface area contributed by atoms with Crippen molar-refractivity contribution in [2.75, 3.05) is 18.0 Å². The van der Waals surface area contributed by atoms with Crippen LogP contribution in [0.4, 0.5) is 5.82 Å². The van der Waals surface area contributed by atoms with Crippen LogP contribution < -0.4 is 10.2 Å². The Labute approximate surface area is 120 Å². The van der Waals surface area contributed by atoms with E-state index in [0.717, 1.165) is 24.8 Å². The minimum atomic E-state index is -0.263. The summed E-state index contributed by atoms with van der Waals surface area (Å²) in [5, 5.41) is 2.89. The van der Waals surface area contributed by atoms with E-state index in [-0.39, 0.29) is 11.4 Å². The molecule has 0 bridgehead atoms. The summed E-state index contributed by atoms with van der Waals surface area (Å²) < 4.78 is 0. The molecule has 20 heavy (non-hydrogen) atoms. The maximum absolute atomic E-state index is 12.0.